The van der Waals surface area contributed by atoms with E-state index in [0.717, 1.165) is 6.07 Å². The highest BCUT2D eigenvalue weighted by Crippen LogP contribution is 2.21. The number of benzene rings is 2. The van der Waals surface area contributed by atoms with Crippen LogP contribution in [0.2, 0.25) is 0 Å². The maximum absolute atomic E-state index is 12.2. The number of aromatic nitrogens is 4. The number of esters is 1. The van der Waals surface area contributed by atoms with E-state index in [1.54, 1.807) is 12.1 Å². The van der Waals surface area contributed by atoms with Crippen LogP contribution in [-0.4, -0.2) is 31.1 Å². The summed E-state index contributed by atoms with van der Waals surface area (Å²) in [6.45, 7) is -0.219. The number of carbonyl (C=O) groups excluding carboxylic acids is 1. The molecule has 0 aliphatic rings. The number of nitrogens with zero attached hydrogens (tertiary/aromatic N) is 5. The van der Waals surface area contributed by atoms with E-state index in [-0.39, 0.29) is 23.5 Å². The van der Waals surface area contributed by atoms with Crippen LogP contribution in [0, 0.1) is 10.1 Å². The van der Waals surface area contributed by atoms with Crippen LogP contribution in [-0.2, 0) is 11.3 Å². The molecule has 0 fully saturated rings. The molecule has 0 spiro atoms. The first-order valence-corrected chi connectivity index (χ1v) is 7.10. The smallest absolute Gasteiger partial charge is 0.340 e. The average molecular weight is 340 g/mol. The largest absolute Gasteiger partial charge is 0.454 e. The SMILES string of the molecule is Nc1ccc([N+](=O)[O-])cc1C(=O)OCc1nnnn1-c1ccccc1. The number of nitro benzene ring substituents is 1. The third-order valence-corrected chi connectivity index (χ3v) is 3.33. The van der Waals surface area contributed by atoms with Crippen molar-refractivity contribution in [3.63, 3.8) is 0 Å². The lowest BCUT2D eigenvalue weighted by atomic mass is 10.1. The van der Waals surface area contributed by atoms with Crippen LogP contribution < -0.4 is 5.73 Å². The Morgan fingerprint density at radius 2 is 2.00 bits per heavy atom. The molecule has 10 nitrogen and oxygen atoms in total. The molecular formula is C15H12N6O4. The molecule has 3 aromatic rings. The molecule has 0 amide bonds. The predicted molar refractivity (Wildman–Crippen MR) is 85.8 cm³/mol. The first-order chi connectivity index (χ1) is 12.1. The normalized spacial score (nSPS) is 10.4. The number of nitro groups is 1. The van der Waals surface area contributed by atoms with Crippen molar-refractivity contribution in [2.75, 3.05) is 5.73 Å². The predicted octanol–water partition coefficient (Wildman–Crippen LogP) is 1.51. The maximum atomic E-state index is 12.2. The van der Waals surface area contributed by atoms with Crippen LogP contribution in [0.4, 0.5) is 11.4 Å². The summed E-state index contributed by atoms with van der Waals surface area (Å²) in [4.78, 5) is 22.4. The van der Waals surface area contributed by atoms with Gasteiger partial charge in [0.2, 0.25) is 0 Å². The molecule has 0 saturated carbocycles. The van der Waals surface area contributed by atoms with Gasteiger partial charge < -0.3 is 10.5 Å². The molecule has 3 rings (SSSR count). The topological polar surface area (TPSA) is 139 Å². The van der Waals surface area contributed by atoms with Gasteiger partial charge in [0.1, 0.15) is 0 Å². The van der Waals surface area contributed by atoms with Gasteiger partial charge in [0.05, 0.1) is 16.2 Å². The molecule has 1 heterocycles. The lowest BCUT2D eigenvalue weighted by Crippen LogP contribution is -2.12. The van der Waals surface area contributed by atoms with Crippen LogP contribution in [0.5, 0.6) is 0 Å². The Morgan fingerprint density at radius 1 is 1.24 bits per heavy atom. The van der Waals surface area contributed by atoms with Gasteiger partial charge in [-0.2, -0.15) is 4.68 Å². The second-order valence-corrected chi connectivity index (χ2v) is 4.95. The minimum atomic E-state index is -0.802. The Bertz CT molecular complexity index is 925. The lowest BCUT2D eigenvalue weighted by Gasteiger charge is -2.07. The highest BCUT2D eigenvalue weighted by Gasteiger charge is 2.18. The molecule has 0 aliphatic heterocycles. The van der Waals surface area contributed by atoms with E-state index in [4.69, 9.17) is 10.5 Å². The highest BCUT2D eigenvalue weighted by molar-refractivity contribution is 5.95. The molecule has 1 aromatic heterocycles. The second kappa shape index (κ2) is 6.74. The zero-order chi connectivity index (χ0) is 17.8. The number of nitrogen functional groups attached to an aromatic ring is 1. The Morgan fingerprint density at radius 3 is 2.72 bits per heavy atom. The molecular weight excluding hydrogens is 328 g/mol. The first-order valence-electron chi connectivity index (χ1n) is 7.10. The van der Waals surface area contributed by atoms with E-state index < -0.39 is 10.9 Å². The summed E-state index contributed by atoms with van der Waals surface area (Å²) in [7, 11) is 0. The van der Waals surface area contributed by atoms with Crippen molar-refractivity contribution >= 4 is 17.3 Å². The Balaban J connectivity index is 1.77. The van der Waals surface area contributed by atoms with Crippen molar-refractivity contribution in [1.82, 2.24) is 20.2 Å². The molecule has 0 bridgehead atoms. The van der Waals surface area contributed by atoms with Gasteiger partial charge in [-0.05, 0) is 28.6 Å². The molecule has 10 heteroatoms. The van der Waals surface area contributed by atoms with E-state index in [1.165, 1.54) is 16.8 Å². The van der Waals surface area contributed by atoms with Crippen molar-refractivity contribution in [1.29, 1.82) is 0 Å². The summed E-state index contributed by atoms with van der Waals surface area (Å²) in [5.41, 5.74) is 6.13. The fraction of sp³-hybridized carbons (Fsp3) is 0.0667. The molecule has 0 aliphatic carbocycles. The molecule has 0 unspecified atom stereocenters. The van der Waals surface area contributed by atoms with Crippen molar-refractivity contribution in [3.8, 4) is 5.69 Å². The lowest BCUT2D eigenvalue weighted by molar-refractivity contribution is -0.384. The number of ether oxygens (including phenoxy) is 1. The van der Waals surface area contributed by atoms with Gasteiger partial charge in [0.25, 0.3) is 5.69 Å². The van der Waals surface area contributed by atoms with Gasteiger partial charge in [-0.3, -0.25) is 10.1 Å². The number of para-hydroxylation sites is 1. The summed E-state index contributed by atoms with van der Waals surface area (Å²) < 4.78 is 6.57. The summed E-state index contributed by atoms with van der Waals surface area (Å²) >= 11 is 0. The van der Waals surface area contributed by atoms with Gasteiger partial charge >= 0.3 is 5.97 Å². The quantitative estimate of drug-likeness (QED) is 0.319. The van der Waals surface area contributed by atoms with Gasteiger partial charge in [-0.15, -0.1) is 5.10 Å². The monoisotopic (exact) mass is 340 g/mol. The number of rotatable bonds is 5. The van der Waals surface area contributed by atoms with E-state index in [0.29, 0.717) is 11.5 Å². The van der Waals surface area contributed by atoms with Gasteiger partial charge in [-0.25, -0.2) is 4.79 Å². The van der Waals surface area contributed by atoms with Crippen LogP contribution in [0.25, 0.3) is 5.69 Å². The van der Waals surface area contributed by atoms with Crippen molar-refractivity contribution in [2.24, 2.45) is 0 Å². The third kappa shape index (κ3) is 3.42. The number of non-ortho nitro benzene ring substituents is 1. The molecule has 0 atom stereocenters. The van der Waals surface area contributed by atoms with E-state index >= 15 is 0 Å². The van der Waals surface area contributed by atoms with Crippen molar-refractivity contribution < 1.29 is 14.5 Å². The van der Waals surface area contributed by atoms with Crippen LogP contribution in [0.1, 0.15) is 16.2 Å². The molecule has 25 heavy (non-hydrogen) atoms. The van der Waals surface area contributed by atoms with Crippen LogP contribution >= 0.6 is 0 Å². The first kappa shape index (κ1) is 16.1. The number of carbonyl (C=O) groups is 1. The Labute approximate surface area is 141 Å². The van der Waals surface area contributed by atoms with E-state index in [1.807, 2.05) is 18.2 Å². The van der Waals surface area contributed by atoms with E-state index in [9.17, 15) is 14.9 Å². The summed E-state index contributed by atoms with van der Waals surface area (Å²) in [5, 5.41) is 22.0. The minimum Gasteiger partial charge on any atom is -0.454 e. The number of tetrazole rings is 1. The zero-order valence-corrected chi connectivity index (χ0v) is 12.8. The molecule has 2 aromatic carbocycles. The third-order valence-electron chi connectivity index (χ3n) is 3.33. The molecule has 126 valence electrons. The Hall–Kier alpha value is -3.82. The van der Waals surface area contributed by atoms with Gasteiger partial charge in [0, 0.05) is 17.8 Å². The summed E-state index contributed by atoms with van der Waals surface area (Å²) in [6, 6.07) is 12.6. The van der Waals surface area contributed by atoms with Crippen LogP contribution in [0.3, 0.4) is 0 Å². The highest BCUT2D eigenvalue weighted by atomic mass is 16.6. The van der Waals surface area contributed by atoms with Gasteiger partial charge in [-0.1, -0.05) is 18.2 Å². The summed E-state index contributed by atoms with van der Waals surface area (Å²) in [5.74, 6) is -0.507. The number of nitrogens with two attached hydrogens (primary N) is 1. The van der Waals surface area contributed by atoms with Crippen molar-refractivity contribution in [2.45, 2.75) is 6.61 Å². The van der Waals surface area contributed by atoms with Gasteiger partial charge in [0.15, 0.2) is 12.4 Å². The maximum Gasteiger partial charge on any atom is 0.340 e. The second-order valence-electron chi connectivity index (χ2n) is 4.95. The average Bonchev–Trinajstić information content (AvgIpc) is 3.09. The van der Waals surface area contributed by atoms with E-state index in [2.05, 4.69) is 15.5 Å². The molecule has 2 N–H and O–H groups in total. The Kier molecular flexibility index (Phi) is 4.33. The minimum absolute atomic E-state index is 0.0817. The van der Waals surface area contributed by atoms with Crippen LogP contribution in [0.15, 0.2) is 48.5 Å². The fourth-order valence-corrected chi connectivity index (χ4v) is 2.11. The fourth-order valence-electron chi connectivity index (χ4n) is 2.11. The standard InChI is InChI=1S/C15H12N6O4/c16-13-7-6-11(21(23)24)8-12(13)15(22)25-9-14-17-18-19-20(14)10-4-2-1-3-5-10/h1-8H,9,16H2. The zero-order valence-electron chi connectivity index (χ0n) is 12.8. The molecule has 0 radical (unpaired) electrons. The summed E-state index contributed by atoms with van der Waals surface area (Å²) in [6.07, 6.45) is 0. The number of hydrogen-bond acceptors (Lipinski definition) is 8. The molecule has 0 saturated heterocycles. The number of anilines is 1. The number of hydrogen-bond donors (Lipinski definition) is 1. The van der Waals surface area contributed by atoms with Crippen molar-refractivity contribution in [3.05, 3.63) is 70.0 Å².